The summed E-state index contributed by atoms with van der Waals surface area (Å²) in [6.45, 7) is 18.0. The van der Waals surface area contributed by atoms with Crippen LogP contribution in [0.1, 0.15) is 89.6 Å². The fourth-order valence-corrected chi connectivity index (χ4v) is 7.06. The standard InChI is InChI=1S/C37H45N3O5S/c1-9-43-35(41)31-21-38-40(25(31)4)30-12-10-11-29(20-30)34-32(24(3)26(5)46-34)22-44-33-14-13-28(19-23(33)2)27-15-17-39(18-16-27)36(42)45-37(6,7)8/h10-14,19-21,27H,9,15-18,22H2,1-8H3. The fraction of sp³-hybridized carbons (Fsp3) is 0.432. The Bertz CT molecular complexity index is 1720. The van der Waals surface area contributed by atoms with E-state index in [1.807, 2.05) is 44.7 Å². The van der Waals surface area contributed by atoms with Crippen LogP contribution in [-0.2, 0) is 16.1 Å². The quantitative estimate of drug-likeness (QED) is 0.179. The summed E-state index contributed by atoms with van der Waals surface area (Å²) in [7, 11) is 0. The number of ether oxygens (including phenoxy) is 3. The SMILES string of the molecule is CCOC(=O)c1cnn(-c2cccc(-c3sc(C)c(C)c3COc3ccc(C4CCN(C(=O)OC(C)(C)C)CC4)cc3C)c2)c1C. The number of aromatic nitrogens is 2. The Morgan fingerprint density at radius 2 is 1.76 bits per heavy atom. The molecule has 2 aromatic carbocycles. The van der Waals surface area contributed by atoms with Gasteiger partial charge < -0.3 is 19.1 Å². The van der Waals surface area contributed by atoms with Gasteiger partial charge in [0, 0.05) is 28.4 Å². The predicted molar refractivity (Wildman–Crippen MR) is 182 cm³/mol. The number of amides is 1. The van der Waals surface area contributed by atoms with Gasteiger partial charge in [-0.3, -0.25) is 0 Å². The van der Waals surface area contributed by atoms with Crippen molar-refractivity contribution >= 4 is 23.4 Å². The molecule has 0 radical (unpaired) electrons. The molecule has 0 saturated carbocycles. The van der Waals surface area contributed by atoms with Crippen molar-refractivity contribution < 1.29 is 23.8 Å². The van der Waals surface area contributed by atoms with Crippen molar-refractivity contribution in [2.75, 3.05) is 19.7 Å². The van der Waals surface area contributed by atoms with Gasteiger partial charge in [0.25, 0.3) is 0 Å². The average molecular weight is 644 g/mol. The minimum Gasteiger partial charge on any atom is -0.489 e. The fourth-order valence-electron chi connectivity index (χ4n) is 5.90. The van der Waals surface area contributed by atoms with E-state index in [0.29, 0.717) is 37.8 Å². The molecule has 9 heteroatoms. The lowest BCUT2D eigenvalue weighted by molar-refractivity contribution is 0.0204. The number of benzene rings is 2. The van der Waals surface area contributed by atoms with E-state index in [9.17, 15) is 9.59 Å². The Hall–Kier alpha value is -4.11. The van der Waals surface area contributed by atoms with Gasteiger partial charge in [-0.1, -0.05) is 24.3 Å². The number of rotatable bonds is 8. The van der Waals surface area contributed by atoms with Gasteiger partial charge in [-0.2, -0.15) is 5.10 Å². The molecule has 1 amide bonds. The molecule has 2 aromatic heterocycles. The molecule has 5 rings (SSSR count). The number of nitrogens with zero attached hydrogens (tertiary/aromatic N) is 3. The molecule has 0 atom stereocenters. The molecule has 244 valence electrons. The first-order valence-corrected chi connectivity index (χ1v) is 16.8. The number of hydrogen-bond donors (Lipinski definition) is 0. The van der Waals surface area contributed by atoms with Crippen molar-refractivity contribution in [3.05, 3.63) is 87.0 Å². The van der Waals surface area contributed by atoms with Gasteiger partial charge in [-0.15, -0.1) is 11.3 Å². The van der Waals surface area contributed by atoms with E-state index in [1.165, 1.54) is 26.4 Å². The molecular weight excluding hydrogens is 598 g/mol. The number of piperidine rings is 1. The number of carbonyl (C=O) groups is 2. The van der Waals surface area contributed by atoms with E-state index in [2.05, 4.69) is 56.2 Å². The van der Waals surface area contributed by atoms with Crippen molar-refractivity contribution in [1.82, 2.24) is 14.7 Å². The van der Waals surface area contributed by atoms with Crippen LogP contribution in [0.3, 0.4) is 0 Å². The molecule has 8 nitrogen and oxygen atoms in total. The lowest BCUT2D eigenvalue weighted by atomic mass is 9.88. The zero-order valence-electron chi connectivity index (χ0n) is 28.2. The van der Waals surface area contributed by atoms with E-state index in [-0.39, 0.29) is 12.1 Å². The molecule has 0 unspecified atom stereocenters. The number of thiophene rings is 1. The van der Waals surface area contributed by atoms with Gasteiger partial charge in [0.05, 0.1) is 24.2 Å². The maximum absolute atomic E-state index is 12.5. The van der Waals surface area contributed by atoms with E-state index in [1.54, 1.807) is 29.1 Å². The molecule has 4 aromatic rings. The van der Waals surface area contributed by atoms with Crippen molar-refractivity contribution in [2.45, 2.75) is 86.4 Å². The molecule has 46 heavy (non-hydrogen) atoms. The van der Waals surface area contributed by atoms with Crippen molar-refractivity contribution in [1.29, 1.82) is 0 Å². The number of aryl methyl sites for hydroxylation is 2. The highest BCUT2D eigenvalue weighted by Gasteiger charge is 2.28. The normalized spacial score (nSPS) is 14.0. The van der Waals surface area contributed by atoms with Crippen LogP contribution < -0.4 is 4.74 Å². The first-order valence-electron chi connectivity index (χ1n) is 16.0. The van der Waals surface area contributed by atoms with E-state index in [4.69, 9.17) is 14.2 Å². The Kier molecular flexibility index (Phi) is 9.91. The van der Waals surface area contributed by atoms with Crippen LogP contribution in [0, 0.1) is 27.7 Å². The highest BCUT2D eigenvalue weighted by atomic mass is 32.1. The first kappa shape index (κ1) is 33.3. The average Bonchev–Trinajstić information content (AvgIpc) is 3.54. The molecule has 1 fully saturated rings. The second-order valence-electron chi connectivity index (χ2n) is 13.0. The second-order valence-corrected chi connectivity index (χ2v) is 14.2. The van der Waals surface area contributed by atoms with Crippen LogP contribution in [0.5, 0.6) is 5.75 Å². The third-order valence-electron chi connectivity index (χ3n) is 8.56. The highest BCUT2D eigenvalue weighted by molar-refractivity contribution is 7.15. The van der Waals surface area contributed by atoms with Gasteiger partial charge >= 0.3 is 12.1 Å². The molecule has 3 heterocycles. The molecule has 1 aliphatic rings. The molecule has 1 saturated heterocycles. The number of hydrogen-bond acceptors (Lipinski definition) is 7. The summed E-state index contributed by atoms with van der Waals surface area (Å²) in [6, 6.07) is 14.7. The zero-order valence-corrected chi connectivity index (χ0v) is 29.0. The van der Waals surface area contributed by atoms with Crippen LogP contribution in [0.15, 0.2) is 48.7 Å². The van der Waals surface area contributed by atoms with Crippen LogP contribution in [0.25, 0.3) is 16.1 Å². The summed E-state index contributed by atoms with van der Waals surface area (Å²) in [5.74, 6) is 0.911. The summed E-state index contributed by atoms with van der Waals surface area (Å²) < 4.78 is 19.0. The first-order chi connectivity index (χ1) is 21.9. The van der Waals surface area contributed by atoms with Crippen LogP contribution in [0.2, 0.25) is 0 Å². The number of carbonyl (C=O) groups excluding carboxylic acids is 2. The third-order valence-corrected chi connectivity index (χ3v) is 9.86. The maximum atomic E-state index is 12.5. The summed E-state index contributed by atoms with van der Waals surface area (Å²) in [4.78, 5) is 29.1. The molecule has 1 aliphatic heterocycles. The predicted octanol–water partition coefficient (Wildman–Crippen LogP) is 8.70. The lowest BCUT2D eigenvalue weighted by Crippen LogP contribution is -2.41. The number of esters is 1. The van der Waals surface area contributed by atoms with Crippen molar-refractivity contribution in [3.8, 4) is 21.9 Å². The number of likely N-dealkylation sites (tertiary alicyclic amines) is 1. The van der Waals surface area contributed by atoms with Gasteiger partial charge in [0.1, 0.15) is 23.5 Å². The van der Waals surface area contributed by atoms with Gasteiger partial charge in [-0.25, -0.2) is 14.3 Å². The summed E-state index contributed by atoms with van der Waals surface area (Å²) in [5.41, 5.74) is 7.47. The Balaban J connectivity index is 1.29. The topological polar surface area (TPSA) is 82.9 Å². The van der Waals surface area contributed by atoms with E-state index < -0.39 is 5.60 Å². The summed E-state index contributed by atoms with van der Waals surface area (Å²) in [5, 5.41) is 4.49. The monoisotopic (exact) mass is 643 g/mol. The minimum absolute atomic E-state index is 0.226. The summed E-state index contributed by atoms with van der Waals surface area (Å²) in [6.07, 6.45) is 3.17. The van der Waals surface area contributed by atoms with E-state index >= 15 is 0 Å². The smallest absolute Gasteiger partial charge is 0.410 e. The van der Waals surface area contributed by atoms with Gasteiger partial charge in [-0.05, 0) is 115 Å². The van der Waals surface area contributed by atoms with Crippen molar-refractivity contribution in [2.24, 2.45) is 0 Å². The van der Waals surface area contributed by atoms with Crippen molar-refractivity contribution in [3.63, 3.8) is 0 Å². The van der Waals surface area contributed by atoms with Crippen LogP contribution in [0.4, 0.5) is 4.79 Å². The Labute approximate surface area is 276 Å². The molecular formula is C37H45N3O5S. The maximum Gasteiger partial charge on any atom is 0.410 e. The lowest BCUT2D eigenvalue weighted by Gasteiger charge is -2.33. The third kappa shape index (κ3) is 7.30. The molecule has 0 aliphatic carbocycles. The Morgan fingerprint density at radius 1 is 1.02 bits per heavy atom. The molecule has 0 N–H and O–H groups in total. The zero-order chi connectivity index (χ0) is 33.2. The van der Waals surface area contributed by atoms with Gasteiger partial charge in [0.15, 0.2) is 0 Å². The highest BCUT2D eigenvalue weighted by Crippen LogP contribution is 2.38. The van der Waals surface area contributed by atoms with Crippen LogP contribution >= 0.6 is 11.3 Å². The Morgan fingerprint density at radius 3 is 2.43 bits per heavy atom. The summed E-state index contributed by atoms with van der Waals surface area (Å²) >= 11 is 1.76. The minimum atomic E-state index is -0.484. The largest absolute Gasteiger partial charge is 0.489 e. The van der Waals surface area contributed by atoms with E-state index in [0.717, 1.165) is 41.1 Å². The molecule has 0 bridgehead atoms. The van der Waals surface area contributed by atoms with Crippen LogP contribution in [-0.4, -0.2) is 52.0 Å². The van der Waals surface area contributed by atoms with Gasteiger partial charge in [0.2, 0.25) is 0 Å². The molecule has 0 spiro atoms. The second kappa shape index (κ2) is 13.7.